The number of rotatable bonds is 1. The molecule has 1 N–H and O–H groups in total. The van der Waals surface area contributed by atoms with Crippen LogP contribution in [0.15, 0.2) is 12.2 Å². The summed E-state index contributed by atoms with van der Waals surface area (Å²) in [5.41, 5.74) is 2.19. The lowest BCUT2D eigenvalue weighted by Gasteiger charge is -2.00. The summed E-state index contributed by atoms with van der Waals surface area (Å²) in [6.45, 7) is 6.04. The number of amides is 1. The molecule has 56 valence electrons. The maximum absolute atomic E-state index is 10.6. The molecule has 0 aromatic rings. The van der Waals surface area contributed by atoms with E-state index in [2.05, 4.69) is 11.4 Å². The molecule has 4 nitrogen and oxygen atoms in total. The fourth-order valence-electron chi connectivity index (χ4n) is 0.205. The molecule has 10 heavy (non-hydrogen) atoms. The molecule has 1 amide bonds. The zero-order valence-electron chi connectivity index (χ0n) is 5.93. The normalized spacial score (nSPS) is 8.20. The summed E-state index contributed by atoms with van der Waals surface area (Å²) in [5, 5.41) is 0. The minimum Gasteiger partial charge on any atom is -0.341 e. The van der Waals surface area contributed by atoms with Crippen molar-refractivity contribution in [3.8, 4) is 0 Å². The van der Waals surface area contributed by atoms with Crippen LogP contribution in [-0.2, 0) is 14.4 Å². The fraction of sp³-hybridized carbons (Fsp3) is 0.333. The van der Waals surface area contributed by atoms with Gasteiger partial charge in [-0.3, -0.25) is 9.59 Å². The highest BCUT2D eigenvalue weighted by Gasteiger charge is 2.01. The van der Waals surface area contributed by atoms with Crippen molar-refractivity contribution in [1.82, 2.24) is 5.48 Å². The fourth-order valence-corrected chi connectivity index (χ4v) is 0.205. The Morgan fingerprint density at radius 2 is 1.90 bits per heavy atom. The molecule has 0 aromatic heterocycles. The van der Waals surface area contributed by atoms with Crippen molar-refractivity contribution in [2.24, 2.45) is 0 Å². The Labute approximate surface area is 58.8 Å². The maximum Gasteiger partial charge on any atom is 0.329 e. The Kier molecular flexibility index (Phi) is 3.17. The average molecular weight is 143 g/mol. The highest BCUT2D eigenvalue weighted by atomic mass is 16.7. The van der Waals surface area contributed by atoms with E-state index in [0.717, 1.165) is 0 Å². The summed E-state index contributed by atoms with van der Waals surface area (Å²) in [6.07, 6.45) is 0. The van der Waals surface area contributed by atoms with Crippen LogP contribution in [0.3, 0.4) is 0 Å². The van der Waals surface area contributed by atoms with Crippen LogP contribution in [0.4, 0.5) is 0 Å². The van der Waals surface area contributed by atoms with Gasteiger partial charge in [-0.1, -0.05) is 6.58 Å². The van der Waals surface area contributed by atoms with Crippen molar-refractivity contribution >= 4 is 11.9 Å². The second-order valence-corrected chi connectivity index (χ2v) is 1.81. The van der Waals surface area contributed by atoms with Crippen molar-refractivity contribution in [1.29, 1.82) is 0 Å². The summed E-state index contributed by atoms with van der Waals surface area (Å²) in [6, 6.07) is 0. The van der Waals surface area contributed by atoms with Gasteiger partial charge < -0.3 is 4.84 Å². The van der Waals surface area contributed by atoms with Crippen molar-refractivity contribution in [2.45, 2.75) is 13.8 Å². The minimum absolute atomic E-state index is 0.293. The van der Waals surface area contributed by atoms with Crippen molar-refractivity contribution in [3.63, 3.8) is 0 Å². The lowest BCUT2D eigenvalue weighted by atomic mass is 10.3. The first-order chi connectivity index (χ1) is 4.54. The number of hydroxylamine groups is 1. The monoisotopic (exact) mass is 143 g/mol. The van der Waals surface area contributed by atoms with Gasteiger partial charge in [-0.15, -0.1) is 0 Å². The molecule has 0 aromatic carbocycles. The number of nitrogens with one attached hydrogen (secondary N) is 1. The van der Waals surface area contributed by atoms with Crippen molar-refractivity contribution in [2.75, 3.05) is 0 Å². The van der Waals surface area contributed by atoms with Crippen LogP contribution >= 0.6 is 0 Å². The quantitative estimate of drug-likeness (QED) is 0.420. The standard InChI is InChI=1S/C6H9NO3/c1-4(2)6(9)7-10-5(3)8/h1H2,2-3H3,(H,7,9). The molecule has 0 heterocycles. The molecular weight excluding hydrogens is 134 g/mol. The number of carbonyl (C=O) groups is 2. The minimum atomic E-state index is -0.561. The third-order valence-electron chi connectivity index (χ3n) is 0.675. The molecule has 0 spiro atoms. The van der Waals surface area contributed by atoms with E-state index in [4.69, 9.17) is 0 Å². The van der Waals surface area contributed by atoms with Gasteiger partial charge >= 0.3 is 5.97 Å². The van der Waals surface area contributed by atoms with Crippen LogP contribution in [0.2, 0.25) is 0 Å². The zero-order valence-corrected chi connectivity index (χ0v) is 5.93. The molecule has 0 aliphatic carbocycles. The first-order valence-corrected chi connectivity index (χ1v) is 2.67. The van der Waals surface area contributed by atoms with Crippen LogP contribution in [-0.4, -0.2) is 11.9 Å². The zero-order chi connectivity index (χ0) is 8.15. The summed E-state index contributed by atoms with van der Waals surface area (Å²) in [7, 11) is 0. The Hall–Kier alpha value is -1.32. The van der Waals surface area contributed by atoms with Gasteiger partial charge in [-0.05, 0) is 6.92 Å². The van der Waals surface area contributed by atoms with E-state index in [0.29, 0.717) is 5.57 Å². The van der Waals surface area contributed by atoms with Crippen LogP contribution in [0.5, 0.6) is 0 Å². The largest absolute Gasteiger partial charge is 0.341 e. The summed E-state index contributed by atoms with van der Waals surface area (Å²) < 4.78 is 0. The van der Waals surface area contributed by atoms with Crippen LogP contribution in [0.1, 0.15) is 13.8 Å². The third-order valence-corrected chi connectivity index (χ3v) is 0.675. The molecule has 0 atom stereocenters. The van der Waals surface area contributed by atoms with Gasteiger partial charge in [0.15, 0.2) is 0 Å². The summed E-state index contributed by atoms with van der Waals surface area (Å²) in [4.78, 5) is 24.8. The molecule has 0 bridgehead atoms. The molecule has 0 radical (unpaired) electrons. The summed E-state index contributed by atoms with van der Waals surface area (Å²) >= 11 is 0. The Balaban J connectivity index is 3.60. The molecule has 0 rings (SSSR count). The predicted molar refractivity (Wildman–Crippen MR) is 34.7 cm³/mol. The van der Waals surface area contributed by atoms with Crippen molar-refractivity contribution < 1.29 is 14.4 Å². The van der Waals surface area contributed by atoms with Gasteiger partial charge in [0, 0.05) is 12.5 Å². The molecule has 4 heteroatoms. The van der Waals surface area contributed by atoms with E-state index in [9.17, 15) is 9.59 Å². The van der Waals surface area contributed by atoms with E-state index < -0.39 is 11.9 Å². The van der Waals surface area contributed by atoms with E-state index in [-0.39, 0.29) is 0 Å². The lowest BCUT2D eigenvalue weighted by Crippen LogP contribution is -2.25. The SMILES string of the molecule is C=C(C)C(=O)NOC(C)=O. The molecule has 0 fully saturated rings. The Morgan fingerprint density at radius 3 is 2.20 bits per heavy atom. The average Bonchev–Trinajstić information content (AvgIpc) is 1.82. The first-order valence-electron chi connectivity index (χ1n) is 2.67. The third kappa shape index (κ3) is 3.65. The van der Waals surface area contributed by atoms with E-state index in [1.807, 2.05) is 5.48 Å². The van der Waals surface area contributed by atoms with Crippen LogP contribution in [0.25, 0.3) is 0 Å². The second kappa shape index (κ2) is 3.66. The molecule has 0 saturated heterocycles. The Bertz CT molecular complexity index is 174. The molecule has 0 aliphatic heterocycles. The van der Waals surface area contributed by atoms with Gasteiger partial charge in [0.1, 0.15) is 0 Å². The molecular formula is C6H9NO3. The highest BCUT2D eigenvalue weighted by molar-refractivity contribution is 5.91. The Morgan fingerprint density at radius 1 is 1.40 bits per heavy atom. The van der Waals surface area contributed by atoms with Crippen LogP contribution in [0, 0.1) is 0 Å². The van der Waals surface area contributed by atoms with Gasteiger partial charge in [0.25, 0.3) is 5.91 Å². The molecule has 0 saturated carbocycles. The molecule has 0 aliphatic rings. The smallest absolute Gasteiger partial charge is 0.329 e. The van der Waals surface area contributed by atoms with E-state index in [1.54, 1.807) is 0 Å². The highest BCUT2D eigenvalue weighted by Crippen LogP contribution is 1.84. The van der Waals surface area contributed by atoms with E-state index in [1.165, 1.54) is 13.8 Å². The lowest BCUT2D eigenvalue weighted by molar-refractivity contribution is -0.154. The first kappa shape index (κ1) is 8.68. The maximum atomic E-state index is 10.6. The van der Waals surface area contributed by atoms with E-state index >= 15 is 0 Å². The second-order valence-electron chi connectivity index (χ2n) is 1.81. The topological polar surface area (TPSA) is 55.4 Å². The number of hydrogen-bond donors (Lipinski definition) is 1. The van der Waals surface area contributed by atoms with Gasteiger partial charge in [-0.25, -0.2) is 0 Å². The molecule has 0 unspecified atom stereocenters. The van der Waals surface area contributed by atoms with Gasteiger partial charge in [-0.2, -0.15) is 5.48 Å². The van der Waals surface area contributed by atoms with Gasteiger partial charge in [0.05, 0.1) is 0 Å². The number of carbonyl (C=O) groups excluding carboxylic acids is 2. The van der Waals surface area contributed by atoms with Gasteiger partial charge in [0.2, 0.25) is 0 Å². The predicted octanol–water partition coefficient (Wildman–Crippen LogP) is 0.157. The van der Waals surface area contributed by atoms with Crippen LogP contribution < -0.4 is 5.48 Å². The number of hydrogen-bond acceptors (Lipinski definition) is 3. The summed E-state index contributed by atoms with van der Waals surface area (Å²) in [5.74, 6) is -1.05. The van der Waals surface area contributed by atoms with Crippen molar-refractivity contribution in [3.05, 3.63) is 12.2 Å².